The van der Waals surface area contributed by atoms with Crippen molar-refractivity contribution in [2.24, 2.45) is 0 Å². The molecule has 1 rings (SSSR count). The van der Waals surface area contributed by atoms with Crippen molar-refractivity contribution in [1.29, 1.82) is 5.26 Å². The van der Waals surface area contributed by atoms with E-state index >= 15 is 0 Å². The summed E-state index contributed by atoms with van der Waals surface area (Å²) in [6, 6.07) is 4.35. The number of hydrogen-bond donors (Lipinski definition) is 1. The predicted octanol–water partition coefficient (Wildman–Crippen LogP) is 1.30. The molecule has 0 aliphatic heterocycles. The van der Waals surface area contributed by atoms with E-state index in [4.69, 9.17) is 11.7 Å². The number of hydrogen-bond acceptors (Lipinski definition) is 5. The molecule has 0 bridgehead atoms. The maximum Gasteiger partial charge on any atom is 0.305 e. The molecule has 16 heavy (non-hydrogen) atoms. The van der Waals surface area contributed by atoms with Gasteiger partial charge < -0.3 is 5.32 Å². The van der Waals surface area contributed by atoms with Crippen LogP contribution in [0.25, 0.3) is 0 Å². The molecule has 0 atom stereocenters. The van der Waals surface area contributed by atoms with E-state index in [1.54, 1.807) is 6.07 Å². The molecule has 0 saturated heterocycles. The third kappa shape index (κ3) is 2.69. The van der Waals surface area contributed by atoms with Gasteiger partial charge in [-0.3, -0.25) is 10.1 Å². The van der Waals surface area contributed by atoms with Crippen LogP contribution in [0, 0.1) is 33.8 Å². The van der Waals surface area contributed by atoms with Crippen molar-refractivity contribution < 1.29 is 4.92 Å². The Morgan fingerprint density at radius 2 is 2.38 bits per heavy atom. The predicted molar refractivity (Wildman–Crippen MR) is 57.5 cm³/mol. The van der Waals surface area contributed by atoms with E-state index in [-0.39, 0.29) is 11.4 Å². The molecule has 1 heterocycles. The first kappa shape index (κ1) is 11.5. The van der Waals surface area contributed by atoms with Crippen LogP contribution < -0.4 is 5.32 Å². The van der Waals surface area contributed by atoms with Crippen LogP contribution in [0.15, 0.2) is 12.1 Å². The van der Waals surface area contributed by atoms with Crippen LogP contribution in [0.4, 0.5) is 11.5 Å². The van der Waals surface area contributed by atoms with E-state index in [2.05, 4.69) is 16.2 Å². The molecule has 0 radical (unpaired) electrons. The number of nitrogens with one attached hydrogen (secondary N) is 1. The van der Waals surface area contributed by atoms with E-state index in [0.717, 1.165) is 0 Å². The average molecular weight is 216 g/mol. The van der Waals surface area contributed by atoms with E-state index in [9.17, 15) is 10.1 Å². The summed E-state index contributed by atoms with van der Waals surface area (Å²) >= 11 is 0. The van der Waals surface area contributed by atoms with Gasteiger partial charge in [-0.15, -0.1) is 12.3 Å². The lowest BCUT2D eigenvalue weighted by molar-refractivity contribution is -0.385. The van der Waals surface area contributed by atoms with Crippen molar-refractivity contribution in [3.8, 4) is 18.4 Å². The van der Waals surface area contributed by atoms with Crippen molar-refractivity contribution in [3.63, 3.8) is 0 Å². The Hall–Kier alpha value is -2.60. The normalized spacial score (nSPS) is 8.88. The van der Waals surface area contributed by atoms with Crippen molar-refractivity contribution in [3.05, 3.63) is 27.9 Å². The molecule has 6 nitrogen and oxygen atoms in total. The van der Waals surface area contributed by atoms with Gasteiger partial charge in [-0.2, -0.15) is 5.26 Å². The number of terminal acetylenes is 1. The SMILES string of the molecule is C#CCCNc1ccc([N+](=O)[O-])c(C#N)n1. The number of pyridine rings is 1. The number of nitrogens with zero attached hydrogens (tertiary/aromatic N) is 3. The quantitative estimate of drug-likeness (QED) is 0.354. The summed E-state index contributed by atoms with van der Waals surface area (Å²) in [6.45, 7) is 0.506. The number of rotatable bonds is 4. The molecule has 1 aromatic heterocycles. The zero-order valence-corrected chi connectivity index (χ0v) is 8.30. The molecular weight excluding hydrogens is 208 g/mol. The summed E-state index contributed by atoms with van der Waals surface area (Å²) in [4.78, 5) is 13.7. The second-order valence-electron chi connectivity index (χ2n) is 2.81. The minimum absolute atomic E-state index is 0.212. The summed E-state index contributed by atoms with van der Waals surface area (Å²) in [5.41, 5.74) is -0.513. The maximum absolute atomic E-state index is 10.5. The Kier molecular flexibility index (Phi) is 3.82. The largest absolute Gasteiger partial charge is 0.369 e. The molecule has 0 aliphatic rings. The van der Waals surface area contributed by atoms with Gasteiger partial charge in [0.2, 0.25) is 5.69 Å². The Morgan fingerprint density at radius 3 is 2.94 bits per heavy atom. The minimum atomic E-state index is -0.642. The van der Waals surface area contributed by atoms with Gasteiger partial charge >= 0.3 is 5.69 Å². The van der Waals surface area contributed by atoms with Gasteiger partial charge in [0.25, 0.3) is 0 Å². The minimum Gasteiger partial charge on any atom is -0.369 e. The third-order valence-electron chi connectivity index (χ3n) is 1.75. The molecule has 0 amide bonds. The summed E-state index contributed by atoms with van der Waals surface area (Å²) in [6.07, 6.45) is 5.57. The highest BCUT2D eigenvalue weighted by Crippen LogP contribution is 2.17. The molecule has 0 unspecified atom stereocenters. The smallest absolute Gasteiger partial charge is 0.305 e. The second-order valence-corrected chi connectivity index (χ2v) is 2.81. The topological polar surface area (TPSA) is 91.9 Å². The molecule has 0 aromatic carbocycles. The molecule has 80 valence electrons. The maximum atomic E-state index is 10.5. The van der Waals surface area contributed by atoms with Crippen molar-refractivity contribution in [1.82, 2.24) is 4.98 Å². The van der Waals surface area contributed by atoms with Gasteiger partial charge in [0.15, 0.2) is 0 Å². The first-order chi connectivity index (χ1) is 7.69. The Morgan fingerprint density at radius 1 is 1.62 bits per heavy atom. The highest BCUT2D eigenvalue weighted by atomic mass is 16.6. The molecule has 0 fully saturated rings. The van der Waals surface area contributed by atoms with E-state index < -0.39 is 4.92 Å². The number of nitriles is 1. The highest BCUT2D eigenvalue weighted by Gasteiger charge is 2.14. The average Bonchev–Trinajstić information content (AvgIpc) is 2.29. The molecular formula is C10H8N4O2. The monoisotopic (exact) mass is 216 g/mol. The molecule has 6 heteroatoms. The Balaban J connectivity index is 2.89. The van der Waals surface area contributed by atoms with E-state index in [1.165, 1.54) is 12.1 Å². The van der Waals surface area contributed by atoms with E-state index in [0.29, 0.717) is 18.8 Å². The first-order valence-electron chi connectivity index (χ1n) is 4.42. The molecule has 1 aromatic rings. The zero-order valence-electron chi connectivity index (χ0n) is 8.30. The zero-order chi connectivity index (χ0) is 12.0. The summed E-state index contributed by atoms with van der Waals surface area (Å²) < 4.78 is 0. The van der Waals surface area contributed by atoms with Gasteiger partial charge in [0.05, 0.1) is 4.92 Å². The van der Waals surface area contributed by atoms with E-state index in [1.807, 2.05) is 0 Å². The van der Waals surface area contributed by atoms with Crippen molar-refractivity contribution >= 4 is 11.5 Å². The third-order valence-corrected chi connectivity index (χ3v) is 1.75. The second kappa shape index (κ2) is 5.32. The number of anilines is 1. The van der Waals surface area contributed by atoms with Gasteiger partial charge in [0, 0.05) is 19.0 Å². The van der Waals surface area contributed by atoms with Crippen LogP contribution in [-0.2, 0) is 0 Å². The van der Waals surface area contributed by atoms with Crippen LogP contribution >= 0.6 is 0 Å². The van der Waals surface area contributed by atoms with Crippen LogP contribution in [0.5, 0.6) is 0 Å². The van der Waals surface area contributed by atoms with Gasteiger partial charge in [-0.25, -0.2) is 4.98 Å². The molecule has 0 aliphatic carbocycles. The lowest BCUT2D eigenvalue weighted by Crippen LogP contribution is -2.04. The van der Waals surface area contributed by atoms with Crippen molar-refractivity contribution in [2.45, 2.75) is 6.42 Å². The lowest BCUT2D eigenvalue weighted by atomic mass is 10.3. The summed E-state index contributed by atoms with van der Waals surface area (Å²) in [7, 11) is 0. The van der Waals surface area contributed by atoms with Crippen LogP contribution in [0.3, 0.4) is 0 Å². The standard InChI is InChI=1S/C10H8N4O2/c1-2-3-6-12-10-5-4-9(14(15)16)8(7-11)13-10/h1,4-5H,3,6H2,(H,12,13). The number of nitro groups is 1. The first-order valence-corrected chi connectivity index (χ1v) is 4.42. The summed E-state index contributed by atoms with van der Waals surface area (Å²) in [5, 5.41) is 22.1. The molecule has 0 spiro atoms. The van der Waals surface area contributed by atoms with Gasteiger partial charge in [0.1, 0.15) is 11.9 Å². The fourth-order valence-electron chi connectivity index (χ4n) is 1.04. The summed E-state index contributed by atoms with van der Waals surface area (Å²) in [5.74, 6) is 2.83. The van der Waals surface area contributed by atoms with Crippen LogP contribution in [0.2, 0.25) is 0 Å². The lowest BCUT2D eigenvalue weighted by Gasteiger charge is -2.02. The van der Waals surface area contributed by atoms with Gasteiger partial charge in [-0.1, -0.05) is 0 Å². The van der Waals surface area contributed by atoms with Crippen LogP contribution in [0.1, 0.15) is 12.1 Å². The van der Waals surface area contributed by atoms with Crippen LogP contribution in [-0.4, -0.2) is 16.5 Å². The molecule has 1 N–H and O–H groups in total. The fourth-order valence-corrected chi connectivity index (χ4v) is 1.04. The fraction of sp³-hybridized carbons (Fsp3) is 0.200. The number of aromatic nitrogens is 1. The van der Waals surface area contributed by atoms with Gasteiger partial charge in [-0.05, 0) is 6.07 Å². The molecule has 0 saturated carbocycles. The Labute approximate surface area is 92.1 Å². The Bertz CT molecular complexity index is 485. The highest BCUT2D eigenvalue weighted by molar-refractivity contribution is 5.50. The van der Waals surface area contributed by atoms with Crippen molar-refractivity contribution in [2.75, 3.05) is 11.9 Å².